The minimum Gasteiger partial charge on any atom is -0.366 e. The van der Waals surface area contributed by atoms with Gasteiger partial charge in [-0.05, 0) is 36.2 Å². The van der Waals surface area contributed by atoms with E-state index < -0.39 is 5.91 Å². The Balaban J connectivity index is 2.05. The Labute approximate surface area is 123 Å². The summed E-state index contributed by atoms with van der Waals surface area (Å²) in [6.45, 7) is 2.65. The number of amides is 1. The van der Waals surface area contributed by atoms with Gasteiger partial charge in [0.15, 0.2) is 0 Å². The van der Waals surface area contributed by atoms with E-state index in [1.807, 2.05) is 42.5 Å². The van der Waals surface area contributed by atoms with Crippen LogP contribution in [0, 0.1) is 0 Å². The van der Waals surface area contributed by atoms with Gasteiger partial charge in [0, 0.05) is 23.2 Å². The van der Waals surface area contributed by atoms with Crippen molar-refractivity contribution in [1.82, 2.24) is 5.32 Å². The molecule has 104 valence electrons. The van der Waals surface area contributed by atoms with Gasteiger partial charge >= 0.3 is 0 Å². The van der Waals surface area contributed by atoms with Crippen molar-refractivity contribution >= 4 is 17.5 Å². The molecule has 0 saturated carbocycles. The fraction of sp³-hybridized carbons (Fsp3) is 0.188. The number of carbonyl (C=O) groups is 1. The van der Waals surface area contributed by atoms with Gasteiger partial charge < -0.3 is 11.1 Å². The molecule has 1 atom stereocenters. The van der Waals surface area contributed by atoms with Gasteiger partial charge in [-0.15, -0.1) is 0 Å². The average molecular weight is 289 g/mol. The molecule has 0 spiro atoms. The zero-order valence-electron chi connectivity index (χ0n) is 11.3. The van der Waals surface area contributed by atoms with Gasteiger partial charge in [-0.3, -0.25) is 4.79 Å². The van der Waals surface area contributed by atoms with Crippen LogP contribution in [0.4, 0.5) is 0 Å². The second-order valence-electron chi connectivity index (χ2n) is 4.68. The van der Waals surface area contributed by atoms with E-state index in [4.69, 9.17) is 17.3 Å². The largest absolute Gasteiger partial charge is 0.366 e. The summed E-state index contributed by atoms with van der Waals surface area (Å²) in [6.07, 6.45) is 0. The van der Waals surface area contributed by atoms with E-state index in [2.05, 4.69) is 12.2 Å². The monoisotopic (exact) mass is 288 g/mol. The number of nitrogens with two attached hydrogens (primary N) is 1. The summed E-state index contributed by atoms with van der Waals surface area (Å²) in [5, 5.41) is 4.10. The Morgan fingerprint density at radius 1 is 1.20 bits per heavy atom. The van der Waals surface area contributed by atoms with E-state index in [0.717, 1.165) is 16.1 Å². The highest BCUT2D eigenvalue weighted by Crippen LogP contribution is 2.17. The third-order valence-electron chi connectivity index (χ3n) is 3.25. The maximum atomic E-state index is 11.4. The lowest BCUT2D eigenvalue weighted by Crippen LogP contribution is -2.21. The number of nitrogens with one attached hydrogen (secondary N) is 1. The van der Waals surface area contributed by atoms with Gasteiger partial charge in [-0.2, -0.15) is 0 Å². The Morgan fingerprint density at radius 3 is 2.50 bits per heavy atom. The molecule has 0 saturated heterocycles. The normalized spacial score (nSPS) is 12.1. The topological polar surface area (TPSA) is 55.1 Å². The molecule has 2 rings (SSSR count). The van der Waals surface area contributed by atoms with Crippen molar-refractivity contribution in [3.63, 3.8) is 0 Å². The standard InChI is InChI=1S/C16H17ClN2O/c1-11(12-6-8-14(17)9-7-12)19-10-13-4-2-3-5-15(13)16(18)20/h2-9,11,19H,10H2,1H3,(H2,18,20). The second-order valence-corrected chi connectivity index (χ2v) is 5.11. The summed E-state index contributed by atoms with van der Waals surface area (Å²) in [5.74, 6) is -0.401. The predicted octanol–water partition coefficient (Wildman–Crippen LogP) is 3.29. The molecule has 0 aliphatic rings. The lowest BCUT2D eigenvalue weighted by atomic mass is 10.1. The number of benzene rings is 2. The van der Waals surface area contributed by atoms with E-state index in [1.54, 1.807) is 6.07 Å². The smallest absolute Gasteiger partial charge is 0.249 e. The van der Waals surface area contributed by atoms with Gasteiger partial charge in [0.2, 0.25) is 5.91 Å². The molecule has 0 aliphatic carbocycles. The predicted molar refractivity (Wildman–Crippen MR) is 81.7 cm³/mol. The van der Waals surface area contributed by atoms with Crippen LogP contribution in [-0.4, -0.2) is 5.91 Å². The van der Waals surface area contributed by atoms with Crippen molar-refractivity contribution in [3.05, 3.63) is 70.2 Å². The molecule has 2 aromatic rings. The van der Waals surface area contributed by atoms with Gasteiger partial charge in [0.25, 0.3) is 0 Å². The van der Waals surface area contributed by atoms with Crippen molar-refractivity contribution in [3.8, 4) is 0 Å². The van der Waals surface area contributed by atoms with Crippen LogP contribution >= 0.6 is 11.6 Å². The fourth-order valence-corrected chi connectivity index (χ4v) is 2.17. The first-order valence-electron chi connectivity index (χ1n) is 6.44. The van der Waals surface area contributed by atoms with Gasteiger partial charge in [-0.1, -0.05) is 41.9 Å². The highest BCUT2D eigenvalue weighted by Gasteiger charge is 2.09. The molecule has 0 heterocycles. The minimum atomic E-state index is -0.401. The molecule has 1 amide bonds. The zero-order valence-corrected chi connectivity index (χ0v) is 12.0. The minimum absolute atomic E-state index is 0.160. The Kier molecular flexibility index (Phi) is 4.77. The molecular formula is C16H17ClN2O. The van der Waals surface area contributed by atoms with Crippen LogP contribution in [0.25, 0.3) is 0 Å². The molecule has 0 fully saturated rings. The third kappa shape index (κ3) is 3.59. The maximum absolute atomic E-state index is 11.4. The summed E-state index contributed by atoms with van der Waals surface area (Å²) in [4.78, 5) is 11.4. The van der Waals surface area contributed by atoms with Crippen LogP contribution < -0.4 is 11.1 Å². The Bertz CT molecular complexity index is 596. The third-order valence-corrected chi connectivity index (χ3v) is 3.50. The summed E-state index contributed by atoms with van der Waals surface area (Å²) in [5.41, 5.74) is 7.97. The summed E-state index contributed by atoms with van der Waals surface area (Å²) < 4.78 is 0. The van der Waals surface area contributed by atoms with Gasteiger partial charge in [0.05, 0.1) is 0 Å². The lowest BCUT2D eigenvalue weighted by molar-refractivity contribution is 0.0999. The molecule has 3 N–H and O–H groups in total. The van der Waals surface area contributed by atoms with Crippen molar-refractivity contribution in [1.29, 1.82) is 0 Å². The molecule has 0 aromatic heterocycles. The summed E-state index contributed by atoms with van der Waals surface area (Å²) in [6, 6.07) is 15.2. The van der Waals surface area contributed by atoms with Gasteiger partial charge in [0.1, 0.15) is 0 Å². The molecule has 4 heteroatoms. The summed E-state index contributed by atoms with van der Waals surface area (Å²) >= 11 is 5.87. The highest BCUT2D eigenvalue weighted by molar-refractivity contribution is 6.30. The van der Waals surface area contributed by atoms with Crippen LogP contribution in [0.5, 0.6) is 0 Å². The SMILES string of the molecule is CC(NCc1ccccc1C(N)=O)c1ccc(Cl)cc1. The lowest BCUT2D eigenvalue weighted by Gasteiger charge is -2.15. The van der Waals surface area contributed by atoms with Crippen LogP contribution in [0.1, 0.15) is 34.5 Å². The number of hydrogen-bond acceptors (Lipinski definition) is 2. The van der Waals surface area contributed by atoms with Crippen molar-refractivity contribution in [2.75, 3.05) is 0 Å². The zero-order chi connectivity index (χ0) is 14.5. The first kappa shape index (κ1) is 14.6. The van der Waals surface area contributed by atoms with E-state index in [0.29, 0.717) is 12.1 Å². The second kappa shape index (κ2) is 6.55. The van der Waals surface area contributed by atoms with E-state index in [9.17, 15) is 4.79 Å². The maximum Gasteiger partial charge on any atom is 0.249 e. The summed E-state index contributed by atoms with van der Waals surface area (Å²) in [7, 11) is 0. The number of primary amides is 1. The van der Waals surface area contributed by atoms with Crippen molar-refractivity contribution in [2.24, 2.45) is 5.73 Å². The first-order chi connectivity index (χ1) is 9.58. The molecule has 3 nitrogen and oxygen atoms in total. The van der Waals surface area contributed by atoms with Crippen molar-refractivity contribution < 1.29 is 4.79 Å². The number of hydrogen-bond donors (Lipinski definition) is 2. The number of rotatable bonds is 5. The van der Waals surface area contributed by atoms with Gasteiger partial charge in [-0.25, -0.2) is 0 Å². The fourth-order valence-electron chi connectivity index (χ4n) is 2.05. The molecule has 0 radical (unpaired) electrons. The molecular weight excluding hydrogens is 272 g/mol. The average Bonchev–Trinajstić information content (AvgIpc) is 2.45. The Hall–Kier alpha value is -1.84. The molecule has 0 bridgehead atoms. The van der Waals surface area contributed by atoms with E-state index in [1.165, 1.54) is 0 Å². The van der Waals surface area contributed by atoms with E-state index in [-0.39, 0.29) is 6.04 Å². The number of halogens is 1. The molecule has 20 heavy (non-hydrogen) atoms. The quantitative estimate of drug-likeness (QED) is 0.887. The molecule has 2 aromatic carbocycles. The van der Waals surface area contributed by atoms with Crippen LogP contribution in [0.3, 0.4) is 0 Å². The van der Waals surface area contributed by atoms with Crippen LogP contribution in [-0.2, 0) is 6.54 Å². The number of carbonyl (C=O) groups excluding carboxylic acids is 1. The highest BCUT2D eigenvalue weighted by atomic mass is 35.5. The van der Waals surface area contributed by atoms with Crippen molar-refractivity contribution in [2.45, 2.75) is 19.5 Å². The molecule has 0 aliphatic heterocycles. The van der Waals surface area contributed by atoms with Crippen LogP contribution in [0.15, 0.2) is 48.5 Å². The van der Waals surface area contributed by atoms with E-state index >= 15 is 0 Å². The molecule has 1 unspecified atom stereocenters. The first-order valence-corrected chi connectivity index (χ1v) is 6.82. The van der Waals surface area contributed by atoms with Crippen LogP contribution in [0.2, 0.25) is 5.02 Å². The Morgan fingerprint density at radius 2 is 1.85 bits per heavy atom.